The minimum Gasteiger partial charge on any atom is -0.490 e. The van der Waals surface area contributed by atoms with Gasteiger partial charge in [-0.2, -0.15) is 0 Å². The van der Waals surface area contributed by atoms with Crippen LogP contribution in [0.5, 0.6) is 11.5 Å². The number of rotatable bonds is 9. The molecular weight excluding hydrogens is 446 g/mol. The number of halogens is 1. The van der Waals surface area contributed by atoms with E-state index in [2.05, 4.69) is 21.2 Å². The van der Waals surface area contributed by atoms with Crippen LogP contribution in [-0.4, -0.2) is 17.7 Å². The minimum atomic E-state index is -0.933. The summed E-state index contributed by atoms with van der Waals surface area (Å²) in [5, 5.41) is 12.6. The van der Waals surface area contributed by atoms with Gasteiger partial charge in [0.15, 0.2) is 11.5 Å². The van der Waals surface area contributed by atoms with Crippen molar-refractivity contribution in [3.05, 3.63) is 87.4 Å². The third-order valence-electron chi connectivity index (χ3n) is 4.64. The highest BCUT2D eigenvalue weighted by molar-refractivity contribution is 9.10. The summed E-state index contributed by atoms with van der Waals surface area (Å²) in [4.78, 5) is 11.3. The van der Waals surface area contributed by atoms with Gasteiger partial charge in [-0.05, 0) is 70.7 Å². The molecule has 0 aromatic heterocycles. The van der Waals surface area contributed by atoms with Crippen molar-refractivity contribution in [2.45, 2.75) is 27.0 Å². The molecule has 2 N–H and O–H groups in total. The molecular formula is C24H24BrNO4. The Morgan fingerprint density at radius 3 is 2.50 bits per heavy atom. The first-order valence-electron chi connectivity index (χ1n) is 9.68. The second kappa shape index (κ2) is 10.2. The molecule has 0 unspecified atom stereocenters. The summed E-state index contributed by atoms with van der Waals surface area (Å²) < 4.78 is 12.6. The monoisotopic (exact) mass is 469 g/mol. The van der Waals surface area contributed by atoms with E-state index < -0.39 is 5.97 Å². The van der Waals surface area contributed by atoms with Gasteiger partial charge in [-0.15, -0.1) is 0 Å². The smallest absolute Gasteiger partial charge is 0.336 e. The number of ether oxygens (including phenoxy) is 2. The number of carbonyl (C=O) groups is 1. The summed E-state index contributed by atoms with van der Waals surface area (Å²) in [6.07, 6.45) is 0. The number of anilines is 1. The highest BCUT2D eigenvalue weighted by Crippen LogP contribution is 2.37. The predicted molar refractivity (Wildman–Crippen MR) is 122 cm³/mol. The van der Waals surface area contributed by atoms with Crippen molar-refractivity contribution in [1.29, 1.82) is 0 Å². The molecule has 0 spiro atoms. The molecule has 0 aliphatic carbocycles. The van der Waals surface area contributed by atoms with E-state index in [-0.39, 0.29) is 0 Å². The fourth-order valence-corrected chi connectivity index (χ4v) is 3.72. The lowest BCUT2D eigenvalue weighted by Crippen LogP contribution is -2.07. The minimum absolute atomic E-state index is 0.292. The molecule has 0 aliphatic heterocycles. The molecule has 156 valence electrons. The highest BCUT2D eigenvalue weighted by Gasteiger charge is 2.14. The number of hydrogen-bond donors (Lipinski definition) is 2. The SMILES string of the molecule is CCOc1cc(CNc2cccc(C(=O)O)c2C)cc(Br)c1OCc1ccccc1. The highest BCUT2D eigenvalue weighted by atomic mass is 79.9. The van der Waals surface area contributed by atoms with Crippen LogP contribution in [0.25, 0.3) is 0 Å². The van der Waals surface area contributed by atoms with E-state index in [1.54, 1.807) is 19.1 Å². The third kappa shape index (κ3) is 5.33. The number of hydrogen-bond acceptors (Lipinski definition) is 4. The maximum Gasteiger partial charge on any atom is 0.336 e. The van der Waals surface area contributed by atoms with E-state index >= 15 is 0 Å². The van der Waals surface area contributed by atoms with Crippen LogP contribution >= 0.6 is 15.9 Å². The maximum absolute atomic E-state index is 11.3. The van der Waals surface area contributed by atoms with Crippen molar-refractivity contribution in [2.75, 3.05) is 11.9 Å². The zero-order chi connectivity index (χ0) is 21.5. The summed E-state index contributed by atoms with van der Waals surface area (Å²) >= 11 is 3.60. The normalized spacial score (nSPS) is 10.5. The lowest BCUT2D eigenvalue weighted by atomic mass is 10.1. The Morgan fingerprint density at radius 1 is 1.03 bits per heavy atom. The van der Waals surface area contributed by atoms with E-state index in [1.165, 1.54) is 0 Å². The molecule has 3 aromatic rings. The van der Waals surface area contributed by atoms with Gasteiger partial charge in [-0.1, -0.05) is 36.4 Å². The Balaban J connectivity index is 1.78. The fraction of sp³-hybridized carbons (Fsp3) is 0.208. The molecule has 30 heavy (non-hydrogen) atoms. The molecule has 0 amide bonds. The third-order valence-corrected chi connectivity index (χ3v) is 5.23. The Kier molecular flexibility index (Phi) is 7.36. The molecule has 0 fully saturated rings. The number of aromatic carboxylic acids is 1. The first kappa shape index (κ1) is 21.7. The summed E-state index contributed by atoms with van der Waals surface area (Å²) in [5.74, 6) is 0.390. The van der Waals surface area contributed by atoms with Crippen molar-refractivity contribution in [3.63, 3.8) is 0 Å². The standard InChI is InChI=1S/C24H24BrNO4/c1-3-29-22-13-18(14-26-21-11-7-10-19(16(21)2)24(27)28)12-20(25)23(22)30-15-17-8-5-4-6-9-17/h4-13,26H,3,14-15H2,1-2H3,(H,27,28). The molecule has 5 nitrogen and oxygen atoms in total. The van der Waals surface area contributed by atoms with Gasteiger partial charge in [-0.3, -0.25) is 0 Å². The van der Waals surface area contributed by atoms with Crippen molar-refractivity contribution < 1.29 is 19.4 Å². The molecule has 0 bridgehead atoms. The summed E-state index contributed by atoms with van der Waals surface area (Å²) in [6, 6.07) is 19.1. The lowest BCUT2D eigenvalue weighted by molar-refractivity contribution is 0.0696. The summed E-state index contributed by atoms with van der Waals surface area (Å²) in [5.41, 5.74) is 3.84. The van der Waals surface area contributed by atoms with Gasteiger partial charge in [0, 0.05) is 12.2 Å². The van der Waals surface area contributed by atoms with Crippen molar-refractivity contribution >= 4 is 27.6 Å². The van der Waals surface area contributed by atoms with Gasteiger partial charge in [-0.25, -0.2) is 4.79 Å². The Labute approximate surface area is 184 Å². The van der Waals surface area contributed by atoms with Crippen LogP contribution in [0.3, 0.4) is 0 Å². The zero-order valence-corrected chi connectivity index (χ0v) is 18.5. The van der Waals surface area contributed by atoms with E-state index in [1.807, 2.05) is 55.5 Å². The van der Waals surface area contributed by atoms with Gasteiger partial charge < -0.3 is 19.9 Å². The molecule has 0 heterocycles. The molecule has 0 aliphatic rings. The molecule has 3 aromatic carbocycles. The van der Waals surface area contributed by atoms with Gasteiger partial charge in [0.1, 0.15) is 6.61 Å². The summed E-state index contributed by atoms with van der Waals surface area (Å²) in [6.45, 7) is 5.21. The van der Waals surface area contributed by atoms with E-state index in [9.17, 15) is 9.90 Å². The molecule has 3 rings (SSSR count). The van der Waals surface area contributed by atoms with Crippen LogP contribution in [0.1, 0.15) is 34.0 Å². The number of nitrogens with one attached hydrogen (secondary N) is 1. The van der Waals surface area contributed by atoms with Crippen LogP contribution < -0.4 is 14.8 Å². The van der Waals surface area contributed by atoms with Gasteiger partial charge >= 0.3 is 5.97 Å². The van der Waals surface area contributed by atoms with Crippen LogP contribution in [0.2, 0.25) is 0 Å². The molecule has 6 heteroatoms. The second-order valence-electron chi connectivity index (χ2n) is 6.75. The molecule has 0 saturated heterocycles. The molecule has 0 radical (unpaired) electrons. The molecule has 0 saturated carbocycles. The van der Waals surface area contributed by atoms with Crippen molar-refractivity contribution in [1.82, 2.24) is 0 Å². The topological polar surface area (TPSA) is 67.8 Å². The Bertz CT molecular complexity index is 1020. The average molecular weight is 470 g/mol. The van der Waals surface area contributed by atoms with Crippen LogP contribution in [0.15, 0.2) is 65.1 Å². The summed E-state index contributed by atoms with van der Waals surface area (Å²) in [7, 11) is 0. The van der Waals surface area contributed by atoms with Crippen molar-refractivity contribution in [2.24, 2.45) is 0 Å². The predicted octanol–water partition coefficient (Wildman–Crippen LogP) is 6.05. The molecule has 0 atom stereocenters. The van der Waals surface area contributed by atoms with Crippen LogP contribution in [-0.2, 0) is 13.2 Å². The first-order valence-corrected chi connectivity index (χ1v) is 10.5. The fourth-order valence-electron chi connectivity index (χ4n) is 3.11. The maximum atomic E-state index is 11.3. The number of benzene rings is 3. The van der Waals surface area contributed by atoms with Gasteiger partial charge in [0.2, 0.25) is 0 Å². The van der Waals surface area contributed by atoms with E-state index in [0.717, 1.165) is 21.3 Å². The van der Waals surface area contributed by atoms with Crippen LogP contribution in [0.4, 0.5) is 5.69 Å². The largest absolute Gasteiger partial charge is 0.490 e. The zero-order valence-electron chi connectivity index (χ0n) is 16.9. The Morgan fingerprint density at radius 2 is 1.80 bits per heavy atom. The quantitative estimate of drug-likeness (QED) is 0.399. The lowest BCUT2D eigenvalue weighted by Gasteiger charge is -2.17. The second-order valence-corrected chi connectivity index (χ2v) is 7.60. The van der Waals surface area contributed by atoms with Crippen molar-refractivity contribution in [3.8, 4) is 11.5 Å². The Hall–Kier alpha value is -2.99. The van der Waals surface area contributed by atoms with Crippen LogP contribution in [0, 0.1) is 6.92 Å². The van der Waals surface area contributed by atoms with Gasteiger partial charge in [0.25, 0.3) is 0 Å². The van der Waals surface area contributed by atoms with E-state index in [4.69, 9.17) is 9.47 Å². The van der Waals surface area contributed by atoms with Gasteiger partial charge in [0.05, 0.1) is 16.6 Å². The average Bonchev–Trinajstić information content (AvgIpc) is 2.73. The van der Waals surface area contributed by atoms with E-state index in [0.29, 0.717) is 42.4 Å². The number of carboxylic acid groups (broad SMARTS) is 1. The number of carboxylic acids is 1. The first-order chi connectivity index (χ1) is 14.5.